The third-order valence-electron chi connectivity index (χ3n) is 8.06. The van der Waals surface area contributed by atoms with Crippen LogP contribution in [-0.4, -0.2) is 45.1 Å². The van der Waals surface area contributed by atoms with Crippen LogP contribution in [0.25, 0.3) is 44.4 Å². The first-order valence-corrected chi connectivity index (χ1v) is 19.2. The van der Waals surface area contributed by atoms with Gasteiger partial charge in [-0.2, -0.15) is 0 Å². The summed E-state index contributed by atoms with van der Waals surface area (Å²) in [4.78, 5) is 9.72. The van der Waals surface area contributed by atoms with Crippen molar-refractivity contribution in [1.29, 1.82) is 0 Å². The number of nitrogens with zero attached hydrogens (tertiary/aromatic N) is 2. The maximum absolute atomic E-state index is 13.4. The highest BCUT2D eigenvalue weighted by Crippen LogP contribution is 2.37. The summed E-state index contributed by atoms with van der Waals surface area (Å²) in [6, 6.07) is 32.1. The minimum atomic E-state index is -3.40. The fourth-order valence-corrected chi connectivity index (χ4v) is 7.43. The van der Waals surface area contributed by atoms with Crippen LogP contribution in [0.4, 0.5) is 4.39 Å². The molecule has 0 N–H and O–H groups in total. The molecule has 48 heavy (non-hydrogen) atoms. The first-order chi connectivity index (χ1) is 22.8. The second kappa shape index (κ2) is 13.3. The molecule has 1 unspecified atom stereocenters. The van der Waals surface area contributed by atoms with Crippen LogP contribution in [0.5, 0.6) is 5.88 Å². The lowest BCUT2D eigenvalue weighted by molar-refractivity contribution is 0.294. The molecule has 6 rings (SSSR count). The van der Waals surface area contributed by atoms with Crippen LogP contribution < -0.4 is 4.74 Å². The molecule has 0 saturated carbocycles. The van der Waals surface area contributed by atoms with E-state index in [4.69, 9.17) is 9.72 Å². The number of rotatable bonds is 10. The highest BCUT2D eigenvalue weighted by Gasteiger charge is 2.18. The van der Waals surface area contributed by atoms with E-state index in [1.807, 2.05) is 61.5 Å². The largest absolute Gasteiger partial charge is 0.473 e. The van der Waals surface area contributed by atoms with Crippen LogP contribution in [0.3, 0.4) is 0 Å². The molecule has 0 saturated heterocycles. The summed E-state index contributed by atoms with van der Waals surface area (Å²) in [5.74, 6) is -0.174. The Morgan fingerprint density at radius 2 is 1.46 bits per heavy atom. The third-order valence-corrected chi connectivity index (χ3v) is 10.3. The van der Waals surface area contributed by atoms with E-state index in [1.54, 1.807) is 48.7 Å². The first-order valence-electron chi connectivity index (χ1n) is 15.2. The SMILES string of the molecule is CC(CS(C)(=O)=O)c1cc(-c2cccc(-c3ccc(OCc4ccc(F)cc4)nc3-c3ccc(S(C)(=O)=O)cc3)c2)c2ncccc2c1. The minimum absolute atomic E-state index is 0.0287. The Labute approximate surface area is 280 Å². The van der Waals surface area contributed by atoms with Gasteiger partial charge in [0, 0.05) is 46.9 Å². The smallest absolute Gasteiger partial charge is 0.214 e. The number of hydrogen-bond donors (Lipinski definition) is 0. The predicted octanol–water partition coefficient (Wildman–Crippen LogP) is 7.90. The standard InChI is InChI=1S/C38H33FN2O5S2/c1-25(24-47(2,42)43)31-21-30-8-5-19-40-37(30)35(22-31)29-7-4-6-28(20-29)34-17-18-36(46-23-26-9-13-32(39)14-10-26)41-38(34)27-11-15-33(16-12-27)48(3,44)45/h4-22,25H,23-24H2,1-3H3. The van der Waals surface area contributed by atoms with Gasteiger partial charge in [0.1, 0.15) is 22.3 Å². The van der Waals surface area contributed by atoms with Crippen molar-refractivity contribution in [3.63, 3.8) is 0 Å². The monoisotopic (exact) mass is 680 g/mol. The molecule has 10 heteroatoms. The normalized spacial score (nSPS) is 12.6. The van der Waals surface area contributed by atoms with Crippen LogP contribution in [-0.2, 0) is 26.3 Å². The number of aromatic nitrogens is 2. The number of fused-ring (bicyclic) bond motifs is 1. The number of sulfone groups is 2. The number of halogens is 1. The average molecular weight is 681 g/mol. The van der Waals surface area contributed by atoms with Gasteiger partial charge in [0.25, 0.3) is 0 Å². The van der Waals surface area contributed by atoms with Gasteiger partial charge in [0.2, 0.25) is 5.88 Å². The van der Waals surface area contributed by atoms with Crippen LogP contribution in [0, 0.1) is 5.82 Å². The highest BCUT2D eigenvalue weighted by molar-refractivity contribution is 7.91. The van der Waals surface area contributed by atoms with Crippen molar-refractivity contribution in [3.8, 4) is 39.4 Å². The number of pyridine rings is 2. The zero-order valence-corrected chi connectivity index (χ0v) is 28.2. The summed E-state index contributed by atoms with van der Waals surface area (Å²) in [6.07, 6.45) is 4.15. The Morgan fingerprint density at radius 1 is 0.750 bits per heavy atom. The highest BCUT2D eigenvalue weighted by atomic mass is 32.2. The van der Waals surface area contributed by atoms with Crippen molar-refractivity contribution in [2.75, 3.05) is 18.3 Å². The molecular weight excluding hydrogens is 648 g/mol. The van der Waals surface area contributed by atoms with E-state index in [2.05, 4.69) is 4.98 Å². The molecule has 6 aromatic rings. The number of hydrogen-bond acceptors (Lipinski definition) is 7. The molecule has 2 heterocycles. The molecule has 0 fully saturated rings. The molecular formula is C38H33FN2O5S2. The Balaban J connectivity index is 1.44. The van der Waals surface area contributed by atoms with Gasteiger partial charge in [-0.15, -0.1) is 0 Å². The summed E-state index contributed by atoms with van der Waals surface area (Å²) in [7, 11) is -6.59. The van der Waals surface area contributed by atoms with Crippen molar-refractivity contribution in [2.24, 2.45) is 0 Å². The lowest BCUT2D eigenvalue weighted by Gasteiger charge is -2.16. The van der Waals surface area contributed by atoms with Gasteiger partial charge in [-0.3, -0.25) is 4.98 Å². The molecule has 0 aliphatic heterocycles. The average Bonchev–Trinajstić information content (AvgIpc) is 3.06. The number of benzene rings is 4. The summed E-state index contributed by atoms with van der Waals surface area (Å²) in [5, 5.41) is 0.909. The van der Waals surface area contributed by atoms with E-state index < -0.39 is 19.7 Å². The Bertz CT molecular complexity index is 2340. The van der Waals surface area contributed by atoms with Crippen LogP contribution in [0.2, 0.25) is 0 Å². The lowest BCUT2D eigenvalue weighted by atomic mass is 9.92. The van der Waals surface area contributed by atoms with Crippen molar-refractivity contribution in [2.45, 2.75) is 24.3 Å². The van der Waals surface area contributed by atoms with Crippen LogP contribution in [0.1, 0.15) is 24.0 Å². The topological polar surface area (TPSA) is 103 Å². The zero-order valence-electron chi connectivity index (χ0n) is 26.6. The summed E-state index contributed by atoms with van der Waals surface area (Å²) < 4.78 is 68.0. The fraction of sp³-hybridized carbons (Fsp3) is 0.158. The molecule has 0 amide bonds. The predicted molar refractivity (Wildman–Crippen MR) is 188 cm³/mol. The molecule has 7 nitrogen and oxygen atoms in total. The molecule has 0 bridgehead atoms. The second-order valence-electron chi connectivity index (χ2n) is 12.0. The van der Waals surface area contributed by atoms with E-state index in [9.17, 15) is 21.2 Å². The zero-order chi connectivity index (χ0) is 34.1. The fourth-order valence-electron chi connectivity index (χ4n) is 5.70. The maximum Gasteiger partial charge on any atom is 0.214 e. The van der Waals surface area contributed by atoms with E-state index in [0.717, 1.165) is 50.5 Å². The molecule has 2 aromatic heterocycles. The van der Waals surface area contributed by atoms with Gasteiger partial charge in [-0.1, -0.05) is 55.5 Å². The summed E-state index contributed by atoms with van der Waals surface area (Å²) in [5.41, 5.74) is 7.16. The van der Waals surface area contributed by atoms with E-state index >= 15 is 0 Å². The third kappa shape index (κ3) is 7.61. The van der Waals surface area contributed by atoms with Crippen molar-refractivity contribution >= 4 is 30.6 Å². The molecule has 4 aromatic carbocycles. The quantitative estimate of drug-likeness (QED) is 0.145. The van der Waals surface area contributed by atoms with Gasteiger partial charge >= 0.3 is 0 Å². The van der Waals surface area contributed by atoms with Crippen LogP contribution >= 0.6 is 0 Å². The van der Waals surface area contributed by atoms with E-state index in [0.29, 0.717) is 17.1 Å². The molecule has 0 aliphatic carbocycles. The molecule has 0 aliphatic rings. The molecule has 0 radical (unpaired) electrons. The van der Waals surface area contributed by atoms with Crippen molar-refractivity contribution < 1.29 is 26.0 Å². The van der Waals surface area contributed by atoms with E-state index in [-0.39, 0.29) is 29.0 Å². The van der Waals surface area contributed by atoms with Crippen molar-refractivity contribution in [1.82, 2.24) is 9.97 Å². The molecule has 0 spiro atoms. The van der Waals surface area contributed by atoms with Crippen LogP contribution in [0.15, 0.2) is 120 Å². The van der Waals surface area contributed by atoms with Gasteiger partial charge < -0.3 is 4.74 Å². The minimum Gasteiger partial charge on any atom is -0.473 e. The molecule has 244 valence electrons. The number of ether oxygens (including phenoxy) is 1. The Morgan fingerprint density at radius 3 is 2.15 bits per heavy atom. The summed E-state index contributed by atoms with van der Waals surface area (Å²) in [6.45, 7) is 2.09. The molecule has 1 atom stereocenters. The van der Waals surface area contributed by atoms with Gasteiger partial charge in [0.15, 0.2) is 9.84 Å². The van der Waals surface area contributed by atoms with Gasteiger partial charge in [0.05, 0.1) is 21.9 Å². The van der Waals surface area contributed by atoms with Gasteiger partial charge in [-0.05, 0) is 82.8 Å². The van der Waals surface area contributed by atoms with Crippen molar-refractivity contribution in [3.05, 3.63) is 132 Å². The second-order valence-corrected chi connectivity index (χ2v) is 16.2. The maximum atomic E-state index is 13.4. The van der Waals surface area contributed by atoms with Gasteiger partial charge in [-0.25, -0.2) is 26.2 Å². The Hall–Kier alpha value is -4.93. The van der Waals surface area contributed by atoms with E-state index in [1.165, 1.54) is 18.4 Å². The Kier molecular flexibility index (Phi) is 9.13. The first kappa shape index (κ1) is 33.0. The summed E-state index contributed by atoms with van der Waals surface area (Å²) >= 11 is 0. The lowest BCUT2D eigenvalue weighted by Crippen LogP contribution is -2.10.